The Balaban J connectivity index is 0.815. The van der Waals surface area contributed by atoms with Gasteiger partial charge in [0.05, 0.1) is 24.5 Å². The molecular weight excluding hydrogens is 841 g/mol. The third-order valence-electron chi connectivity index (χ3n) is 13.4. The van der Waals surface area contributed by atoms with Crippen molar-refractivity contribution in [2.24, 2.45) is 0 Å². The number of hydrogen-bond acceptors (Lipinski definition) is 8. The zero-order valence-electron chi connectivity index (χ0n) is 38.1. The van der Waals surface area contributed by atoms with Crippen molar-refractivity contribution in [2.75, 3.05) is 42.7 Å². The van der Waals surface area contributed by atoms with Gasteiger partial charge in [0.15, 0.2) is 5.75 Å². The van der Waals surface area contributed by atoms with Crippen molar-refractivity contribution >= 4 is 41.3 Å². The molecule has 0 bridgehead atoms. The van der Waals surface area contributed by atoms with Gasteiger partial charge in [-0.05, 0) is 136 Å². The van der Waals surface area contributed by atoms with Crippen LogP contribution in [0.4, 0.5) is 11.4 Å². The molecule has 0 saturated carbocycles. The maximum absolute atomic E-state index is 13.4. The van der Waals surface area contributed by atoms with Gasteiger partial charge in [0.1, 0.15) is 37.1 Å². The molecule has 2 aliphatic carbocycles. The highest BCUT2D eigenvalue weighted by Crippen LogP contribution is 2.63. The molecule has 4 aliphatic rings. The Labute approximate surface area is 390 Å². The standard InChI is InChI=1S/C57H52N2O8/c1-55(2)36-57(46-34-42(20-22-44(46)55)66-52(60)26-19-39-18-25-49-51(33-39)64-31-28-59(49)54(62)41-15-9-6-10-16-41)37-56(3,4)45-23-21-43(35-47(45)57)67-65-29-11-12-38-17-24-48-50(32-38)63-30-27-58(48)53(61)40-13-7-5-8-14-40/h5-26,32-35H,27-31,36-37H2,1-4H3/b12-11+,26-19+. The lowest BCUT2D eigenvalue weighted by atomic mass is 9.72. The van der Waals surface area contributed by atoms with Crippen LogP contribution in [0.3, 0.4) is 0 Å². The predicted octanol–water partition coefficient (Wildman–Crippen LogP) is 11.1. The van der Waals surface area contributed by atoms with Crippen LogP contribution >= 0.6 is 0 Å². The second kappa shape index (κ2) is 17.4. The van der Waals surface area contributed by atoms with E-state index in [1.807, 2.05) is 115 Å². The Kier molecular flexibility index (Phi) is 11.3. The van der Waals surface area contributed by atoms with Gasteiger partial charge < -0.3 is 28.9 Å². The number of ether oxygens (including phenoxy) is 3. The van der Waals surface area contributed by atoms with Crippen molar-refractivity contribution in [1.29, 1.82) is 0 Å². The third kappa shape index (κ3) is 8.38. The van der Waals surface area contributed by atoms with Crippen molar-refractivity contribution in [3.8, 4) is 23.0 Å². The van der Waals surface area contributed by atoms with Crippen LogP contribution in [-0.2, 0) is 25.9 Å². The lowest BCUT2D eigenvalue weighted by molar-refractivity contribution is -0.195. The first kappa shape index (κ1) is 43.5. The molecule has 6 aromatic carbocycles. The Hall–Kier alpha value is -7.43. The van der Waals surface area contributed by atoms with Crippen molar-refractivity contribution in [1.82, 2.24) is 0 Å². The van der Waals surface area contributed by atoms with E-state index in [0.717, 1.165) is 35.2 Å². The molecule has 1 unspecified atom stereocenters. The van der Waals surface area contributed by atoms with Crippen molar-refractivity contribution in [2.45, 2.75) is 56.8 Å². The number of rotatable bonds is 10. The molecule has 10 rings (SSSR count). The van der Waals surface area contributed by atoms with E-state index in [-0.39, 0.29) is 34.7 Å². The van der Waals surface area contributed by atoms with Gasteiger partial charge in [0.2, 0.25) is 0 Å². The molecule has 2 amide bonds. The van der Waals surface area contributed by atoms with Gasteiger partial charge in [-0.3, -0.25) is 9.59 Å². The predicted molar refractivity (Wildman–Crippen MR) is 259 cm³/mol. The van der Waals surface area contributed by atoms with Crippen molar-refractivity contribution in [3.63, 3.8) is 0 Å². The summed E-state index contributed by atoms with van der Waals surface area (Å²) < 4.78 is 17.9. The quantitative estimate of drug-likeness (QED) is 0.0334. The van der Waals surface area contributed by atoms with Crippen LogP contribution in [0.25, 0.3) is 12.2 Å². The minimum atomic E-state index is -0.498. The second-order valence-corrected chi connectivity index (χ2v) is 18.9. The minimum Gasteiger partial charge on any atom is -0.490 e. The van der Waals surface area contributed by atoms with E-state index < -0.39 is 5.97 Å². The fraction of sp³-hybridized carbons (Fsp3) is 0.246. The van der Waals surface area contributed by atoms with Crippen molar-refractivity contribution in [3.05, 3.63) is 190 Å². The maximum atomic E-state index is 13.4. The summed E-state index contributed by atoms with van der Waals surface area (Å²) in [5, 5.41) is 0. The average Bonchev–Trinajstić information content (AvgIpc) is 3.71. The lowest BCUT2D eigenvalue weighted by Gasteiger charge is -2.30. The molecule has 0 saturated heterocycles. The number of carbonyl (C=O) groups excluding carboxylic acids is 3. The molecule has 6 aromatic rings. The van der Waals surface area contributed by atoms with E-state index in [4.69, 9.17) is 24.0 Å². The number of carbonyl (C=O) groups is 3. The van der Waals surface area contributed by atoms with Crippen LogP contribution in [-0.4, -0.2) is 50.7 Å². The van der Waals surface area contributed by atoms with Crippen LogP contribution in [0.5, 0.6) is 23.0 Å². The van der Waals surface area contributed by atoms with E-state index in [2.05, 4.69) is 45.9 Å². The highest BCUT2D eigenvalue weighted by Gasteiger charge is 2.56. The van der Waals surface area contributed by atoms with E-state index in [1.165, 1.54) is 22.8 Å². The molecule has 0 aromatic heterocycles. The summed E-state index contributed by atoms with van der Waals surface area (Å²) in [5.74, 6) is 1.69. The first-order chi connectivity index (χ1) is 32.4. The van der Waals surface area contributed by atoms with Crippen LogP contribution in [0.2, 0.25) is 0 Å². The number of anilines is 2. The number of benzene rings is 6. The highest BCUT2D eigenvalue weighted by molar-refractivity contribution is 6.08. The number of hydrogen-bond donors (Lipinski definition) is 0. The lowest BCUT2D eigenvalue weighted by Crippen LogP contribution is -2.37. The van der Waals surface area contributed by atoms with E-state index in [9.17, 15) is 14.4 Å². The van der Waals surface area contributed by atoms with Gasteiger partial charge in [-0.25, -0.2) is 4.79 Å². The summed E-state index contributed by atoms with van der Waals surface area (Å²) in [5.41, 5.74) is 8.58. The zero-order chi connectivity index (χ0) is 46.3. The average molecular weight is 893 g/mol. The largest absolute Gasteiger partial charge is 0.490 e. The summed E-state index contributed by atoms with van der Waals surface area (Å²) in [4.78, 5) is 55.1. The first-order valence-corrected chi connectivity index (χ1v) is 22.8. The molecular formula is C57H52N2O8. The highest BCUT2D eigenvalue weighted by atomic mass is 17.2. The molecule has 10 nitrogen and oxygen atoms in total. The monoisotopic (exact) mass is 892 g/mol. The Morgan fingerprint density at radius 3 is 1.64 bits per heavy atom. The van der Waals surface area contributed by atoms with Crippen LogP contribution in [0.1, 0.15) is 94.6 Å². The zero-order valence-corrected chi connectivity index (χ0v) is 38.1. The smallest absolute Gasteiger partial charge is 0.336 e. The van der Waals surface area contributed by atoms with Crippen LogP contribution in [0, 0.1) is 0 Å². The van der Waals surface area contributed by atoms with E-state index in [0.29, 0.717) is 66.1 Å². The fourth-order valence-electron chi connectivity index (χ4n) is 10.6. The normalized spacial score (nSPS) is 18.4. The molecule has 2 aliphatic heterocycles. The number of amides is 2. The SMILES string of the molecule is CC1(C)CC2(CC(C)(C)c3ccc(OC(=O)/C=C/c4ccc5c(c4)OCCN5C(=O)c4ccccc4)cc32)c2cc(OOC/C=C/c3ccc4c(c3)OCCN4C(=O)c3ccccc3)ccc21. The first-order valence-electron chi connectivity index (χ1n) is 22.8. The van der Waals surface area contributed by atoms with E-state index >= 15 is 0 Å². The van der Waals surface area contributed by atoms with Gasteiger partial charge in [-0.2, -0.15) is 4.89 Å². The van der Waals surface area contributed by atoms with Crippen LogP contribution < -0.4 is 28.9 Å². The molecule has 67 heavy (non-hydrogen) atoms. The summed E-state index contributed by atoms with van der Waals surface area (Å²) in [6.07, 6.45) is 8.71. The molecule has 1 spiro atoms. The molecule has 10 heteroatoms. The Bertz CT molecular complexity index is 2950. The summed E-state index contributed by atoms with van der Waals surface area (Å²) in [6.45, 7) is 11.1. The Morgan fingerprint density at radius 2 is 1.09 bits per heavy atom. The molecule has 0 N–H and O–H groups in total. The summed E-state index contributed by atoms with van der Waals surface area (Å²) in [7, 11) is 0. The molecule has 2 heterocycles. The molecule has 338 valence electrons. The summed E-state index contributed by atoms with van der Waals surface area (Å²) >= 11 is 0. The third-order valence-corrected chi connectivity index (χ3v) is 13.4. The van der Waals surface area contributed by atoms with Gasteiger partial charge in [-0.1, -0.05) is 101 Å². The van der Waals surface area contributed by atoms with Crippen LogP contribution in [0.15, 0.2) is 146 Å². The van der Waals surface area contributed by atoms with E-state index in [1.54, 1.807) is 28.0 Å². The van der Waals surface area contributed by atoms with Gasteiger partial charge in [0, 0.05) is 22.6 Å². The Morgan fingerprint density at radius 1 is 0.582 bits per heavy atom. The number of esters is 1. The summed E-state index contributed by atoms with van der Waals surface area (Å²) in [6, 6.07) is 42.1. The number of nitrogens with zero attached hydrogens (tertiary/aromatic N) is 2. The van der Waals surface area contributed by atoms with Gasteiger partial charge in [0.25, 0.3) is 11.8 Å². The number of fused-ring (bicyclic) bond motifs is 6. The molecule has 1 atom stereocenters. The molecule has 0 fully saturated rings. The van der Waals surface area contributed by atoms with Gasteiger partial charge in [-0.15, -0.1) is 0 Å². The molecule has 0 radical (unpaired) electrons. The fourth-order valence-corrected chi connectivity index (χ4v) is 10.6. The topological polar surface area (TPSA) is 104 Å². The minimum absolute atomic E-state index is 0.0524. The van der Waals surface area contributed by atoms with Gasteiger partial charge >= 0.3 is 5.97 Å². The van der Waals surface area contributed by atoms with Crippen molar-refractivity contribution < 1.29 is 38.4 Å². The second-order valence-electron chi connectivity index (χ2n) is 18.9. The maximum Gasteiger partial charge on any atom is 0.336 e.